The third kappa shape index (κ3) is 2.98. The zero-order chi connectivity index (χ0) is 11.3. The number of hydrogen-bond acceptors (Lipinski definition) is 5. The van der Waals surface area contributed by atoms with Crippen molar-refractivity contribution in [2.24, 2.45) is 5.84 Å². The number of hydrazine groups is 1. The Morgan fingerprint density at radius 2 is 2.50 bits per heavy atom. The van der Waals surface area contributed by atoms with Gasteiger partial charge in [0, 0.05) is 6.54 Å². The number of carbonyl (C=O) groups is 1. The van der Waals surface area contributed by atoms with Gasteiger partial charge in [-0.1, -0.05) is 6.08 Å². The summed E-state index contributed by atoms with van der Waals surface area (Å²) in [6.45, 7) is 6.11. The van der Waals surface area contributed by atoms with Crippen LogP contribution in [0.5, 0.6) is 0 Å². The normalized spacial score (nSPS) is 9.12. The average Bonchev–Trinajstić information content (AvgIpc) is 2.62. The molecule has 1 rings (SSSR count). The molecule has 0 saturated heterocycles. The number of esters is 1. The number of hydrogen-bond donors (Lipinski definition) is 2. The van der Waals surface area contributed by atoms with Crippen LogP contribution in [-0.2, 0) is 11.3 Å². The molecule has 0 fully saturated rings. The van der Waals surface area contributed by atoms with Crippen molar-refractivity contribution in [3.05, 3.63) is 24.7 Å². The van der Waals surface area contributed by atoms with E-state index in [0.29, 0.717) is 24.7 Å². The van der Waals surface area contributed by atoms with E-state index in [4.69, 9.17) is 10.6 Å². The van der Waals surface area contributed by atoms with Crippen LogP contribution in [0.2, 0.25) is 0 Å². The topological polar surface area (TPSA) is 82.2 Å². The monoisotopic (exact) mass is 246 g/mol. The molecule has 0 aliphatic rings. The first-order valence-corrected chi connectivity index (χ1v) is 4.54. The zero-order valence-electron chi connectivity index (χ0n) is 8.97. The Kier molecular flexibility index (Phi) is 6.21. The third-order valence-corrected chi connectivity index (χ3v) is 1.77. The van der Waals surface area contributed by atoms with Crippen molar-refractivity contribution < 1.29 is 9.53 Å². The minimum Gasteiger partial charge on any atom is -0.461 e. The Labute approximate surface area is 99.9 Å². The lowest BCUT2D eigenvalue weighted by Crippen LogP contribution is -2.16. The summed E-state index contributed by atoms with van der Waals surface area (Å²) in [5.74, 6) is 5.08. The highest BCUT2D eigenvalue weighted by atomic mass is 35.5. The van der Waals surface area contributed by atoms with E-state index in [1.807, 2.05) is 0 Å². The van der Waals surface area contributed by atoms with Gasteiger partial charge in [0.2, 0.25) is 0 Å². The van der Waals surface area contributed by atoms with Gasteiger partial charge in [0.1, 0.15) is 0 Å². The molecule has 0 spiro atoms. The molecule has 1 heterocycles. The van der Waals surface area contributed by atoms with E-state index >= 15 is 0 Å². The van der Waals surface area contributed by atoms with Crippen LogP contribution in [0.15, 0.2) is 19.0 Å². The number of ether oxygens (including phenoxy) is 1. The molecule has 0 aromatic carbocycles. The van der Waals surface area contributed by atoms with E-state index in [0.717, 1.165) is 0 Å². The molecule has 0 aliphatic carbocycles. The van der Waals surface area contributed by atoms with E-state index in [1.165, 1.54) is 6.33 Å². The van der Waals surface area contributed by atoms with Gasteiger partial charge in [0.25, 0.3) is 0 Å². The van der Waals surface area contributed by atoms with Crippen LogP contribution in [0.4, 0.5) is 5.82 Å². The van der Waals surface area contributed by atoms with Gasteiger partial charge < -0.3 is 14.7 Å². The standard InChI is InChI=1S/C9H14N4O2.ClH/c1-3-5-13-6-11-8(12-10)7(13)9(14)15-4-2;/h3,6,12H,1,4-5,10H2,2H3;1H. The second kappa shape index (κ2) is 6.86. The summed E-state index contributed by atoms with van der Waals surface area (Å²) < 4.78 is 6.50. The lowest BCUT2D eigenvalue weighted by atomic mass is 10.4. The second-order valence-electron chi connectivity index (χ2n) is 2.75. The number of rotatable bonds is 5. The Morgan fingerprint density at radius 1 is 1.81 bits per heavy atom. The maximum atomic E-state index is 11.6. The number of carbonyl (C=O) groups excluding carboxylic acids is 1. The maximum Gasteiger partial charge on any atom is 0.358 e. The first-order chi connectivity index (χ1) is 7.24. The van der Waals surface area contributed by atoms with Crippen molar-refractivity contribution in [2.45, 2.75) is 13.5 Å². The number of nitrogens with one attached hydrogen (secondary N) is 1. The van der Waals surface area contributed by atoms with Crippen molar-refractivity contribution in [3.8, 4) is 0 Å². The lowest BCUT2D eigenvalue weighted by molar-refractivity contribution is 0.0515. The zero-order valence-corrected chi connectivity index (χ0v) is 9.79. The Hall–Kier alpha value is -1.53. The molecule has 1 aromatic heterocycles. The fourth-order valence-electron chi connectivity index (χ4n) is 1.18. The van der Waals surface area contributed by atoms with E-state index in [9.17, 15) is 4.79 Å². The molecule has 0 bridgehead atoms. The van der Waals surface area contributed by atoms with Crippen LogP contribution in [-0.4, -0.2) is 22.1 Å². The molecule has 0 radical (unpaired) electrons. The van der Waals surface area contributed by atoms with Gasteiger partial charge in [-0.15, -0.1) is 19.0 Å². The molecule has 7 heteroatoms. The van der Waals surface area contributed by atoms with Crippen LogP contribution in [0.1, 0.15) is 17.4 Å². The Balaban J connectivity index is 0.00000225. The number of nitrogens with two attached hydrogens (primary N) is 1. The van der Waals surface area contributed by atoms with Crippen LogP contribution in [0, 0.1) is 0 Å². The highest BCUT2D eigenvalue weighted by Crippen LogP contribution is 2.13. The molecule has 0 unspecified atom stereocenters. The van der Waals surface area contributed by atoms with Gasteiger partial charge in [-0.25, -0.2) is 15.6 Å². The number of aromatic nitrogens is 2. The summed E-state index contributed by atoms with van der Waals surface area (Å²) in [7, 11) is 0. The maximum absolute atomic E-state index is 11.6. The molecule has 6 nitrogen and oxygen atoms in total. The molecule has 0 atom stereocenters. The van der Waals surface area contributed by atoms with Crippen molar-refractivity contribution >= 4 is 24.2 Å². The Morgan fingerprint density at radius 3 is 3.00 bits per heavy atom. The fourth-order valence-corrected chi connectivity index (χ4v) is 1.18. The van der Waals surface area contributed by atoms with Crippen molar-refractivity contribution in [3.63, 3.8) is 0 Å². The molecule has 16 heavy (non-hydrogen) atoms. The highest BCUT2D eigenvalue weighted by Gasteiger charge is 2.18. The van der Waals surface area contributed by atoms with Crippen LogP contribution < -0.4 is 11.3 Å². The van der Waals surface area contributed by atoms with E-state index in [1.54, 1.807) is 17.6 Å². The smallest absolute Gasteiger partial charge is 0.358 e. The van der Waals surface area contributed by atoms with Crippen molar-refractivity contribution in [1.82, 2.24) is 9.55 Å². The number of imidazole rings is 1. The van der Waals surface area contributed by atoms with Crippen LogP contribution in [0.3, 0.4) is 0 Å². The summed E-state index contributed by atoms with van der Waals surface area (Å²) in [4.78, 5) is 15.5. The van der Waals surface area contributed by atoms with Gasteiger partial charge in [-0.05, 0) is 6.92 Å². The molecule has 0 amide bonds. The fraction of sp³-hybridized carbons (Fsp3) is 0.333. The van der Waals surface area contributed by atoms with E-state index < -0.39 is 5.97 Å². The summed E-state index contributed by atoms with van der Waals surface area (Å²) in [6.07, 6.45) is 3.16. The number of anilines is 1. The first kappa shape index (κ1) is 14.5. The van der Waals surface area contributed by atoms with Gasteiger partial charge in [-0.2, -0.15) is 0 Å². The molecule has 1 aromatic rings. The minimum atomic E-state index is -0.454. The van der Waals surface area contributed by atoms with E-state index in [-0.39, 0.29) is 12.4 Å². The lowest BCUT2D eigenvalue weighted by Gasteiger charge is -2.06. The number of nitrogens with zero attached hydrogens (tertiary/aromatic N) is 2. The van der Waals surface area contributed by atoms with Gasteiger partial charge in [0.05, 0.1) is 12.9 Å². The number of nitrogen functional groups attached to an aromatic ring is 1. The summed E-state index contributed by atoms with van der Waals surface area (Å²) in [6, 6.07) is 0. The SMILES string of the molecule is C=CCn1cnc(NN)c1C(=O)OCC.Cl. The average molecular weight is 247 g/mol. The first-order valence-electron chi connectivity index (χ1n) is 4.54. The minimum absolute atomic E-state index is 0. The molecular formula is C9H15ClN4O2. The summed E-state index contributed by atoms with van der Waals surface area (Å²) in [5, 5.41) is 0. The van der Waals surface area contributed by atoms with Gasteiger partial charge >= 0.3 is 5.97 Å². The van der Waals surface area contributed by atoms with Gasteiger partial charge in [-0.3, -0.25) is 0 Å². The van der Waals surface area contributed by atoms with Gasteiger partial charge in [0.15, 0.2) is 11.5 Å². The highest BCUT2D eigenvalue weighted by molar-refractivity contribution is 5.92. The number of halogens is 1. The Bertz CT molecular complexity index is 364. The van der Waals surface area contributed by atoms with E-state index in [2.05, 4.69) is 17.0 Å². The molecule has 0 saturated carbocycles. The van der Waals surface area contributed by atoms with Crippen LogP contribution >= 0.6 is 12.4 Å². The van der Waals surface area contributed by atoms with Crippen molar-refractivity contribution in [1.29, 1.82) is 0 Å². The number of allylic oxidation sites excluding steroid dienone is 1. The summed E-state index contributed by atoms with van der Waals surface area (Å²) >= 11 is 0. The molecule has 3 N–H and O–H groups in total. The third-order valence-electron chi connectivity index (χ3n) is 1.77. The quantitative estimate of drug-likeness (QED) is 0.350. The summed E-state index contributed by atoms with van der Waals surface area (Å²) in [5.41, 5.74) is 2.65. The predicted octanol–water partition coefficient (Wildman–Crippen LogP) is 0.953. The molecule has 0 aliphatic heterocycles. The van der Waals surface area contributed by atoms with Crippen LogP contribution in [0.25, 0.3) is 0 Å². The molecule has 90 valence electrons. The molecular weight excluding hydrogens is 232 g/mol. The largest absolute Gasteiger partial charge is 0.461 e. The predicted molar refractivity (Wildman–Crippen MR) is 63.4 cm³/mol. The second-order valence-corrected chi connectivity index (χ2v) is 2.75. The van der Waals surface area contributed by atoms with Crippen molar-refractivity contribution in [2.75, 3.05) is 12.0 Å².